The molecule has 0 atom stereocenters. The third-order valence-electron chi connectivity index (χ3n) is 3.04. The summed E-state index contributed by atoms with van der Waals surface area (Å²) in [7, 11) is 1.73. The average molecular weight is 485 g/mol. The molecule has 1 heterocycles. The number of rotatable bonds is 5. The maximum Gasteiger partial charge on any atom is 0.191 e. The van der Waals surface area contributed by atoms with Gasteiger partial charge >= 0.3 is 0 Å². The number of aliphatic imine (C=N–C) groups is 1. The minimum absolute atomic E-state index is 0. The summed E-state index contributed by atoms with van der Waals surface area (Å²) >= 11 is 13.8. The molecule has 0 saturated heterocycles. The van der Waals surface area contributed by atoms with E-state index in [4.69, 9.17) is 23.2 Å². The number of aromatic nitrogens is 1. The molecule has 0 aliphatic carbocycles. The van der Waals surface area contributed by atoms with Gasteiger partial charge in [-0.25, -0.2) is 4.98 Å². The molecule has 0 saturated carbocycles. The van der Waals surface area contributed by atoms with Crippen LogP contribution in [0.2, 0.25) is 10.0 Å². The predicted molar refractivity (Wildman–Crippen MR) is 110 cm³/mol. The monoisotopic (exact) mass is 484 g/mol. The highest BCUT2D eigenvalue weighted by Gasteiger charge is 2.05. The second-order valence-electron chi connectivity index (χ2n) is 4.59. The molecule has 0 fully saturated rings. The second kappa shape index (κ2) is 10.3. The largest absolute Gasteiger partial charge is 0.352 e. The fraction of sp³-hybridized carbons (Fsp3) is 0.333. The number of hydrogen-bond donors (Lipinski definition) is 2. The van der Waals surface area contributed by atoms with Crippen molar-refractivity contribution in [1.82, 2.24) is 15.6 Å². The fourth-order valence-electron chi connectivity index (χ4n) is 1.82. The van der Waals surface area contributed by atoms with Crippen LogP contribution in [0.1, 0.15) is 22.4 Å². The first-order valence-corrected chi connectivity index (χ1v) is 8.51. The number of thiazole rings is 1. The summed E-state index contributed by atoms with van der Waals surface area (Å²) in [5.74, 6) is 0.708. The van der Waals surface area contributed by atoms with E-state index in [1.54, 1.807) is 24.5 Å². The van der Waals surface area contributed by atoms with Gasteiger partial charge in [-0.1, -0.05) is 36.2 Å². The molecule has 0 amide bonds. The number of nitrogens with zero attached hydrogens (tertiary/aromatic N) is 2. The van der Waals surface area contributed by atoms with Gasteiger partial charge in [-0.15, -0.1) is 35.3 Å². The Morgan fingerprint density at radius 3 is 2.61 bits per heavy atom. The SMILES string of the molecule is CCc1cnc(CNC(=NC)NCc2ccc(Cl)cc2Cl)s1.I. The number of nitrogens with one attached hydrogen (secondary N) is 2. The van der Waals surface area contributed by atoms with Gasteiger partial charge in [0, 0.05) is 34.7 Å². The Morgan fingerprint density at radius 2 is 2.00 bits per heavy atom. The Kier molecular flexibility index (Phi) is 9.19. The highest BCUT2D eigenvalue weighted by atomic mass is 127. The van der Waals surface area contributed by atoms with Crippen molar-refractivity contribution in [3.8, 4) is 0 Å². The lowest BCUT2D eigenvalue weighted by Gasteiger charge is -2.12. The van der Waals surface area contributed by atoms with E-state index in [9.17, 15) is 0 Å². The topological polar surface area (TPSA) is 49.3 Å². The quantitative estimate of drug-likeness (QED) is 0.373. The maximum atomic E-state index is 6.15. The molecule has 23 heavy (non-hydrogen) atoms. The van der Waals surface area contributed by atoms with Crippen LogP contribution in [0, 0.1) is 0 Å². The van der Waals surface area contributed by atoms with Gasteiger partial charge in [0.2, 0.25) is 0 Å². The van der Waals surface area contributed by atoms with Crippen LogP contribution in [0.25, 0.3) is 0 Å². The van der Waals surface area contributed by atoms with Crippen LogP contribution in [0.15, 0.2) is 29.4 Å². The van der Waals surface area contributed by atoms with Crippen LogP contribution in [-0.2, 0) is 19.5 Å². The molecule has 1 aromatic carbocycles. The van der Waals surface area contributed by atoms with Crippen molar-refractivity contribution in [2.45, 2.75) is 26.4 Å². The van der Waals surface area contributed by atoms with Crippen LogP contribution in [-0.4, -0.2) is 18.0 Å². The molecule has 1 aromatic heterocycles. The predicted octanol–water partition coefficient (Wildman–Crippen LogP) is 4.50. The first-order valence-electron chi connectivity index (χ1n) is 6.94. The first-order chi connectivity index (χ1) is 10.6. The average Bonchev–Trinajstić information content (AvgIpc) is 2.97. The Bertz CT molecular complexity index is 661. The maximum absolute atomic E-state index is 6.15. The standard InChI is InChI=1S/C15H18Cl2N4S.HI/c1-3-12-8-19-14(22-12)9-21-15(18-2)20-7-10-4-5-11(16)6-13(10)17;/h4-6,8H,3,7,9H2,1-2H3,(H2,18,20,21);1H. The van der Waals surface area contributed by atoms with Gasteiger partial charge in [0.15, 0.2) is 5.96 Å². The molecule has 0 unspecified atom stereocenters. The van der Waals surface area contributed by atoms with Crippen LogP contribution >= 0.6 is 58.5 Å². The Balaban J connectivity index is 0.00000264. The fourth-order valence-corrected chi connectivity index (χ4v) is 3.09. The Morgan fingerprint density at radius 1 is 1.26 bits per heavy atom. The summed E-state index contributed by atoms with van der Waals surface area (Å²) < 4.78 is 0. The van der Waals surface area contributed by atoms with E-state index in [0.717, 1.165) is 17.0 Å². The zero-order chi connectivity index (χ0) is 15.9. The smallest absolute Gasteiger partial charge is 0.191 e. The summed E-state index contributed by atoms with van der Waals surface area (Å²) in [5, 5.41) is 8.79. The minimum Gasteiger partial charge on any atom is -0.352 e. The lowest BCUT2D eigenvalue weighted by atomic mass is 10.2. The van der Waals surface area contributed by atoms with Crippen molar-refractivity contribution in [3.63, 3.8) is 0 Å². The van der Waals surface area contributed by atoms with Crippen LogP contribution in [0.4, 0.5) is 0 Å². The molecule has 0 aliphatic rings. The van der Waals surface area contributed by atoms with E-state index in [0.29, 0.717) is 29.1 Å². The highest BCUT2D eigenvalue weighted by molar-refractivity contribution is 14.0. The molecule has 0 radical (unpaired) electrons. The van der Waals surface area contributed by atoms with Crippen molar-refractivity contribution in [2.24, 2.45) is 4.99 Å². The highest BCUT2D eigenvalue weighted by Crippen LogP contribution is 2.20. The molecule has 8 heteroatoms. The third-order valence-corrected chi connectivity index (χ3v) is 4.77. The summed E-state index contributed by atoms with van der Waals surface area (Å²) in [5.41, 5.74) is 0.969. The first kappa shape index (κ1) is 20.5. The number of guanidine groups is 1. The number of benzene rings is 1. The van der Waals surface area contributed by atoms with Crippen molar-refractivity contribution in [2.75, 3.05) is 7.05 Å². The van der Waals surface area contributed by atoms with Gasteiger partial charge in [-0.2, -0.15) is 0 Å². The molecule has 2 N–H and O–H groups in total. The minimum atomic E-state index is 0. The van der Waals surface area contributed by atoms with E-state index in [1.807, 2.05) is 18.3 Å². The molecule has 0 spiro atoms. The van der Waals surface area contributed by atoms with Crippen molar-refractivity contribution in [1.29, 1.82) is 0 Å². The normalized spacial score (nSPS) is 11.0. The van der Waals surface area contributed by atoms with Gasteiger partial charge in [0.1, 0.15) is 5.01 Å². The van der Waals surface area contributed by atoms with E-state index < -0.39 is 0 Å². The molecule has 2 aromatic rings. The van der Waals surface area contributed by atoms with E-state index in [2.05, 4.69) is 27.5 Å². The van der Waals surface area contributed by atoms with E-state index >= 15 is 0 Å². The van der Waals surface area contributed by atoms with Gasteiger partial charge in [-0.3, -0.25) is 4.99 Å². The molecular formula is C15H19Cl2IN4S. The molecule has 0 aliphatic heterocycles. The van der Waals surface area contributed by atoms with Crippen LogP contribution in [0.3, 0.4) is 0 Å². The number of hydrogen-bond acceptors (Lipinski definition) is 3. The Labute approximate surface area is 167 Å². The van der Waals surface area contributed by atoms with Gasteiger partial charge < -0.3 is 10.6 Å². The van der Waals surface area contributed by atoms with Gasteiger partial charge in [0.25, 0.3) is 0 Å². The summed E-state index contributed by atoms with van der Waals surface area (Å²) in [6, 6.07) is 5.46. The molecule has 4 nitrogen and oxygen atoms in total. The van der Waals surface area contributed by atoms with Crippen molar-refractivity contribution >= 4 is 64.5 Å². The Hall–Kier alpha value is -0.570. The lowest BCUT2D eigenvalue weighted by molar-refractivity contribution is 0.805. The second-order valence-corrected chi connectivity index (χ2v) is 6.63. The van der Waals surface area contributed by atoms with E-state index in [1.165, 1.54) is 4.88 Å². The van der Waals surface area contributed by atoms with Gasteiger partial charge in [-0.05, 0) is 24.1 Å². The van der Waals surface area contributed by atoms with Crippen LogP contribution in [0.5, 0.6) is 0 Å². The summed E-state index contributed by atoms with van der Waals surface area (Å²) in [6.07, 6.45) is 2.94. The lowest BCUT2D eigenvalue weighted by Crippen LogP contribution is -2.36. The van der Waals surface area contributed by atoms with E-state index in [-0.39, 0.29) is 24.0 Å². The molecule has 0 bridgehead atoms. The van der Waals surface area contributed by atoms with Crippen molar-refractivity contribution in [3.05, 3.63) is 49.9 Å². The van der Waals surface area contributed by atoms with Crippen LogP contribution < -0.4 is 10.6 Å². The number of aryl methyl sites for hydroxylation is 1. The molecule has 2 rings (SSSR count). The molecular weight excluding hydrogens is 466 g/mol. The zero-order valence-electron chi connectivity index (χ0n) is 12.9. The van der Waals surface area contributed by atoms with Gasteiger partial charge in [0.05, 0.1) is 6.54 Å². The number of halogens is 3. The molecule has 126 valence electrons. The summed E-state index contributed by atoms with van der Waals surface area (Å²) in [4.78, 5) is 9.85. The van der Waals surface area contributed by atoms with Crippen molar-refractivity contribution < 1.29 is 0 Å². The third kappa shape index (κ3) is 6.45. The summed E-state index contributed by atoms with van der Waals surface area (Å²) in [6.45, 7) is 3.35. The zero-order valence-corrected chi connectivity index (χ0v) is 17.6.